The molecule has 0 bridgehead atoms. The number of hydrogen-bond acceptors (Lipinski definition) is 4. The summed E-state index contributed by atoms with van der Waals surface area (Å²) in [5, 5.41) is 7.90. The van der Waals surface area contributed by atoms with Crippen molar-refractivity contribution in [3.05, 3.63) is 64.6 Å². The molecule has 2 atom stereocenters. The lowest BCUT2D eigenvalue weighted by atomic mass is 9.81. The zero-order valence-corrected chi connectivity index (χ0v) is 14.8. The molecule has 0 fully saturated rings. The summed E-state index contributed by atoms with van der Waals surface area (Å²) >= 11 is 0. The minimum atomic E-state index is -0.225. The van der Waals surface area contributed by atoms with Crippen LogP contribution in [0.5, 0.6) is 0 Å². The van der Waals surface area contributed by atoms with Crippen molar-refractivity contribution < 1.29 is 4.79 Å². The molecule has 0 radical (unpaired) electrons. The average molecular weight is 334 g/mol. The summed E-state index contributed by atoms with van der Waals surface area (Å²) < 4.78 is 1.83. The number of carbonyl (C=O) groups excluding carboxylic acids is 1. The number of nitrogens with zero attached hydrogens (tertiary/aromatic N) is 3. The van der Waals surface area contributed by atoms with Gasteiger partial charge in [0.05, 0.1) is 17.7 Å². The van der Waals surface area contributed by atoms with E-state index in [1.807, 2.05) is 24.6 Å². The predicted octanol–water partition coefficient (Wildman–Crippen LogP) is 3.22. The summed E-state index contributed by atoms with van der Waals surface area (Å²) in [6, 6.07) is 10.1. The maximum absolute atomic E-state index is 12.6. The Morgan fingerprint density at radius 3 is 2.60 bits per heavy atom. The highest BCUT2D eigenvalue weighted by molar-refractivity contribution is 5.92. The van der Waals surface area contributed by atoms with E-state index in [4.69, 9.17) is 4.99 Å². The Morgan fingerprint density at radius 2 is 1.92 bits per heavy atom. The van der Waals surface area contributed by atoms with Crippen molar-refractivity contribution in [3.63, 3.8) is 0 Å². The predicted molar refractivity (Wildman–Crippen MR) is 97.4 cm³/mol. The fourth-order valence-corrected chi connectivity index (χ4v) is 3.65. The molecule has 1 aromatic heterocycles. The molecule has 0 saturated carbocycles. The monoisotopic (exact) mass is 334 g/mol. The molecule has 1 aliphatic carbocycles. The number of ketones is 1. The van der Waals surface area contributed by atoms with Crippen LogP contribution in [0.4, 0.5) is 0 Å². The molecule has 2 aliphatic rings. The molecule has 25 heavy (non-hydrogen) atoms. The van der Waals surface area contributed by atoms with E-state index in [1.165, 1.54) is 5.56 Å². The van der Waals surface area contributed by atoms with Crippen LogP contribution in [-0.2, 0) is 4.79 Å². The van der Waals surface area contributed by atoms with Crippen LogP contribution in [0.2, 0.25) is 0 Å². The molecule has 0 spiro atoms. The third-order valence-electron chi connectivity index (χ3n) is 4.90. The van der Waals surface area contributed by atoms with Gasteiger partial charge in [-0.1, -0.05) is 35.9 Å². The maximum atomic E-state index is 12.6. The molecule has 2 heterocycles. The SMILES string of the molecule is Cc1ccc([C@@H]2N=C(n3nc(C)cc3C)NC3=CCCC(=O)[C@H]32)cc1. The van der Waals surface area contributed by atoms with Gasteiger partial charge in [-0.3, -0.25) is 4.79 Å². The molecule has 2 aromatic rings. The van der Waals surface area contributed by atoms with Crippen molar-refractivity contribution in [2.24, 2.45) is 10.9 Å². The van der Waals surface area contributed by atoms with Gasteiger partial charge in [0.1, 0.15) is 5.78 Å². The standard InChI is InChI=1S/C20H22N4O/c1-12-7-9-15(10-8-12)19-18-16(5-4-6-17(18)25)21-20(22-19)24-14(3)11-13(2)23-24/h5,7-11,18-19H,4,6H2,1-3H3,(H,21,22)/t18-,19-/m0/s1. The summed E-state index contributed by atoms with van der Waals surface area (Å²) in [5.74, 6) is 0.720. The van der Waals surface area contributed by atoms with Crippen LogP contribution in [0.15, 0.2) is 47.1 Å². The van der Waals surface area contributed by atoms with E-state index in [1.54, 1.807) is 0 Å². The van der Waals surface area contributed by atoms with Gasteiger partial charge in [-0.15, -0.1) is 0 Å². The first kappa shape index (κ1) is 15.8. The number of aromatic nitrogens is 2. The van der Waals surface area contributed by atoms with E-state index in [9.17, 15) is 4.79 Å². The van der Waals surface area contributed by atoms with Crippen molar-refractivity contribution in [1.29, 1.82) is 0 Å². The van der Waals surface area contributed by atoms with E-state index in [0.717, 1.165) is 29.1 Å². The number of benzene rings is 1. The number of allylic oxidation sites excluding steroid dienone is 1. The Labute approximate surface area is 147 Å². The van der Waals surface area contributed by atoms with E-state index in [-0.39, 0.29) is 17.7 Å². The number of Topliss-reactive ketones (excluding diaryl/α,β-unsaturated/α-hetero) is 1. The fraction of sp³-hybridized carbons (Fsp3) is 0.350. The van der Waals surface area contributed by atoms with Crippen LogP contribution < -0.4 is 5.32 Å². The van der Waals surface area contributed by atoms with Crippen molar-refractivity contribution in [1.82, 2.24) is 15.1 Å². The van der Waals surface area contributed by atoms with Crippen LogP contribution in [0, 0.1) is 26.7 Å². The summed E-state index contributed by atoms with van der Waals surface area (Å²) in [6.07, 6.45) is 3.50. The first-order chi connectivity index (χ1) is 12.0. The quantitative estimate of drug-likeness (QED) is 0.871. The smallest absolute Gasteiger partial charge is 0.224 e. The molecule has 1 aliphatic heterocycles. The zero-order chi connectivity index (χ0) is 17.6. The minimum absolute atomic E-state index is 0.209. The van der Waals surface area contributed by atoms with Gasteiger partial charge in [-0.25, -0.2) is 9.67 Å². The van der Waals surface area contributed by atoms with E-state index >= 15 is 0 Å². The van der Waals surface area contributed by atoms with E-state index < -0.39 is 0 Å². The molecule has 128 valence electrons. The van der Waals surface area contributed by atoms with Gasteiger partial charge in [0.15, 0.2) is 0 Å². The third-order valence-corrected chi connectivity index (χ3v) is 4.90. The lowest BCUT2D eigenvalue weighted by molar-refractivity contribution is -0.122. The molecule has 0 saturated heterocycles. The fourth-order valence-electron chi connectivity index (χ4n) is 3.65. The van der Waals surface area contributed by atoms with Gasteiger partial charge in [-0.05, 0) is 38.8 Å². The molecule has 5 heteroatoms. The van der Waals surface area contributed by atoms with Crippen LogP contribution in [0.3, 0.4) is 0 Å². The Bertz CT molecular complexity index is 889. The molecule has 0 amide bonds. The van der Waals surface area contributed by atoms with Crippen LogP contribution >= 0.6 is 0 Å². The van der Waals surface area contributed by atoms with Gasteiger partial charge in [-0.2, -0.15) is 5.10 Å². The molecule has 4 rings (SSSR count). The molecule has 5 nitrogen and oxygen atoms in total. The third kappa shape index (κ3) is 2.80. The highest BCUT2D eigenvalue weighted by Gasteiger charge is 2.38. The highest BCUT2D eigenvalue weighted by atomic mass is 16.1. The lowest BCUT2D eigenvalue weighted by Gasteiger charge is -2.34. The molecule has 1 aromatic carbocycles. The Balaban J connectivity index is 1.84. The molecule has 0 unspecified atom stereocenters. The summed E-state index contributed by atoms with van der Waals surface area (Å²) in [5.41, 5.74) is 5.19. The molecular weight excluding hydrogens is 312 g/mol. The van der Waals surface area contributed by atoms with Gasteiger partial charge in [0.25, 0.3) is 0 Å². The topological polar surface area (TPSA) is 59.3 Å². The lowest BCUT2D eigenvalue weighted by Crippen LogP contribution is -2.44. The van der Waals surface area contributed by atoms with E-state index in [2.05, 4.69) is 47.7 Å². The maximum Gasteiger partial charge on any atom is 0.224 e. The highest BCUT2D eigenvalue weighted by Crippen LogP contribution is 2.37. The number of hydrogen-bond donors (Lipinski definition) is 1. The first-order valence-electron chi connectivity index (χ1n) is 8.71. The number of carbonyl (C=O) groups is 1. The van der Waals surface area contributed by atoms with Crippen molar-refractivity contribution >= 4 is 11.7 Å². The summed E-state index contributed by atoms with van der Waals surface area (Å²) in [4.78, 5) is 17.5. The number of fused-ring (bicyclic) bond motifs is 1. The summed E-state index contributed by atoms with van der Waals surface area (Å²) in [7, 11) is 0. The largest absolute Gasteiger partial charge is 0.328 e. The van der Waals surface area contributed by atoms with Gasteiger partial charge in [0, 0.05) is 17.8 Å². The second-order valence-electron chi connectivity index (χ2n) is 6.91. The number of rotatable bonds is 1. The van der Waals surface area contributed by atoms with Gasteiger partial charge < -0.3 is 5.32 Å². The average Bonchev–Trinajstić information content (AvgIpc) is 2.93. The second kappa shape index (κ2) is 5.99. The first-order valence-corrected chi connectivity index (χ1v) is 8.71. The van der Waals surface area contributed by atoms with Crippen molar-refractivity contribution in [3.8, 4) is 0 Å². The number of nitrogens with one attached hydrogen (secondary N) is 1. The second-order valence-corrected chi connectivity index (χ2v) is 6.91. The number of aliphatic imine (C=N–C) groups is 1. The van der Waals surface area contributed by atoms with Gasteiger partial charge in [0.2, 0.25) is 5.96 Å². The van der Waals surface area contributed by atoms with Crippen LogP contribution in [-0.4, -0.2) is 21.5 Å². The van der Waals surface area contributed by atoms with Crippen LogP contribution in [0.1, 0.15) is 41.4 Å². The summed E-state index contributed by atoms with van der Waals surface area (Å²) in [6.45, 7) is 6.04. The van der Waals surface area contributed by atoms with Gasteiger partial charge >= 0.3 is 0 Å². The van der Waals surface area contributed by atoms with Crippen molar-refractivity contribution in [2.45, 2.75) is 39.7 Å². The Morgan fingerprint density at radius 1 is 1.16 bits per heavy atom. The van der Waals surface area contributed by atoms with E-state index in [0.29, 0.717) is 12.4 Å². The normalized spacial score (nSPS) is 22.8. The molecule has 1 N–H and O–H groups in total. The minimum Gasteiger partial charge on any atom is -0.328 e. The van der Waals surface area contributed by atoms with Crippen molar-refractivity contribution in [2.75, 3.05) is 0 Å². The van der Waals surface area contributed by atoms with Crippen LogP contribution in [0.25, 0.3) is 0 Å². The number of aryl methyl sites for hydroxylation is 3. The Kier molecular flexibility index (Phi) is 3.79. The Hall–Kier alpha value is -2.69. The molecular formula is C20H22N4O. The zero-order valence-electron chi connectivity index (χ0n) is 14.8.